The minimum atomic E-state index is -0.425. The van der Waals surface area contributed by atoms with Gasteiger partial charge in [-0.25, -0.2) is 0 Å². The van der Waals surface area contributed by atoms with E-state index < -0.39 is 5.91 Å². The first-order valence-electron chi connectivity index (χ1n) is 11.8. The summed E-state index contributed by atoms with van der Waals surface area (Å²) in [5.74, 6) is 0.308. The number of allylic oxidation sites excluding steroid dienone is 1. The second kappa shape index (κ2) is 11.5. The van der Waals surface area contributed by atoms with Gasteiger partial charge in [-0.05, 0) is 56.0 Å². The third-order valence-corrected chi connectivity index (χ3v) is 6.15. The average molecular weight is 475 g/mol. The summed E-state index contributed by atoms with van der Waals surface area (Å²) in [6.07, 6.45) is 6.33. The van der Waals surface area contributed by atoms with Gasteiger partial charge in [-0.2, -0.15) is 5.26 Å². The molecule has 7 heteroatoms. The molecule has 2 N–H and O–H groups in total. The van der Waals surface area contributed by atoms with E-state index in [1.807, 2.05) is 18.2 Å². The van der Waals surface area contributed by atoms with E-state index in [9.17, 15) is 4.79 Å². The van der Waals surface area contributed by atoms with Crippen LogP contribution in [0.5, 0.6) is 11.5 Å². The zero-order valence-corrected chi connectivity index (χ0v) is 21.4. The number of hydrogen-bond donors (Lipinski definition) is 2. The molecule has 0 saturated heterocycles. The van der Waals surface area contributed by atoms with Gasteiger partial charge in [0.25, 0.3) is 5.91 Å². The fourth-order valence-corrected chi connectivity index (χ4v) is 3.95. The predicted molar refractivity (Wildman–Crippen MR) is 140 cm³/mol. The van der Waals surface area contributed by atoms with E-state index in [1.165, 1.54) is 19.8 Å². The second-order valence-corrected chi connectivity index (χ2v) is 8.51. The Balaban J connectivity index is 2.10. The Morgan fingerprint density at radius 2 is 1.86 bits per heavy atom. The largest absolute Gasteiger partial charge is 0.496 e. The zero-order valence-electron chi connectivity index (χ0n) is 21.4. The van der Waals surface area contributed by atoms with Crippen LogP contribution in [0.4, 0.5) is 11.4 Å². The third kappa shape index (κ3) is 5.60. The number of nitrogens with one attached hydrogen (secondary N) is 2. The summed E-state index contributed by atoms with van der Waals surface area (Å²) in [7, 11) is 3.03. The van der Waals surface area contributed by atoms with Gasteiger partial charge in [0.2, 0.25) is 0 Å². The van der Waals surface area contributed by atoms with Gasteiger partial charge in [-0.3, -0.25) is 4.79 Å². The summed E-state index contributed by atoms with van der Waals surface area (Å²) < 4.78 is 11.2. The fourth-order valence-electron chi connectivity index (χ4n) is 3.95. The minimum absolute atomic E-state index is 0.104. The van der Waals surface area contributed by atoms with Gasteiger partial charge in [0, 0.05) is 35.8 Å². The quantitative estimate of drug-likeness (QED) is 0.446. The van der Waals surface area contributed by atoms with Gasteiger partial charge >= 0.3 is 0 Å². The molecule has 184 valence electrons. The number of amides is 1. The molecule has 2 aromatic rings. The van der Waals surface area contributed by atoms with Crippen molar-refractivity contribution in [3.05, 3.63) is 64.9 Å². The van der Waals surface area contributed by atoms with Gasteiger partial charge in [0.15, 0.2) is 0 Å². The molecule has 1 amide bonds. The van der Waals surface area contributed by atoms with Crippen LogP contribution in [0.15, 0.2) is 48.2 Å². The minimum Gasteiger partial charge on any atom is -0.496 e. The Labute approximate surface area is 208 Å². The number of benzene rings is 2. The van der Waals surface area contributed by atoms with Crippen LogP contribution in [0, 0.1) is 18.3 Å². The van der Waals surface area contributed by atoms with Crippen molar-refractivity contribution in [1.82, 2.24) is 10.6 Å². The Bertz CT molecular complexity index is 1170. The molecule has 3 rings (SSSR count). The first-order chi connectivity index (χ1) is 16.9. The lowest BCUT2D eigenvalue weighted by Gasteiger charge is -2.29. The molecule has 35 heavy (non-hydrogen) atoms. The molecule has 0 radical (unpaired) electrons. The molecule has 1 aliphatic rings. The number of carbonyl (C=O) groups excluding carboxylic acids is 1. The first kappa shape index (κ1) is 25.7. The van der Waals surface area contributed by atoms with Crippen LogP contribution in [0.1, 0.15) is 55.1 Å². The number of rotatable bonds is 10. The highest BCUT2D eigenvalue weighted by molar-refractivity contribution is 6.01. The standard InChI is InChI=1S/C28H34N4O3/c1-7-18(3)17-32(24-10-9-20(13-19(24)4)23-14-21(8-2)31-23)22-15-25(34-5)27(26(16-22)35-6)28(33)30-12-11-29/h9-10,13-17,21,31H,7-8,12H2,1-6H3,(H,30,33)/b18-17-. The highest BCUT2D eigenvalue weighted by Gasteiger charge is 2.23. The van der Waals surface area contributed by atoms with Crippen LogP contribution in [0.2, 0.25) is 0 Å². The van der Waals surface area contributed by atoms with E-state index in [0.717, 1.165) is 41.0 Å². The number of carbonyl (C=O) groups is 1. The Morgan fingerprint density at radius 3 is 2.37 bits per heavy atom. The summed E-state index contributed by atoms with van der Waals surface area (Å²) in [6, 6.07) is 12.4. The number of nitrogens with zero attached hydrogens (tertiary/aromatic N) is 2. The summed E-state index contributed by atoms with van der Waals surface area (Å²) in [5.41, 5.74) is 6.69. The van der Waals surface area contributed by atoms with Crippen molar-refractivity contribution in [2.45, 2.75) is 46.6 Å². The van der Waals surface area contributed by atoms with E-state index in [2.05, 4.69) is 73.7 Å². The molecule has 2 aromatic carbocycles. The molecule has 0 aliphatic carbocycles. The van der Waals surface area contributed by atoms with Crippen molar-refractivity contribution in [3.63, 3.8) is 0 Å². The molecule has 0 aromatic heterocycles. The van der Waals surface area contributed by atoms with Crippen LogP contribution >= 0.6 is 0 Å². The Morgan fingerprint density at radius 1 is 1.20 bits per heavy atom. The van der Waals surface area contributed by atoms with Crippen molar-refractivity contribution in [1.29, 1.82) is 5.26 Å². The monoisotopic (exact) mass is 474 g/mol. The summed E-state index contributed by atoms with van der Waals surface area (Å²) in [4.78, 5) is 14.8. The molecular weight excluding hydrogens is 440 g/mol. The van der Waals surface area contributed by atoms with E-state index in [1.54, 1.807) is 0 Å². The van der Waals surface area contributed by atoms with E-state index in [-0.39, 0.29) is 12.1 Å². The summed E-state index contributed by atoms with van der Waals surface area (Å²) in [6.45, 7) is 8.36. The van der Waals surface area contributed by atoms with Gasteiger partial charge in [0.1, 0.15) is 23.6 Å². The predicted octanol–water partition coefficient (Wildman–Crippen LogP) is 5.44. The topological polar surface area (TPSA) is 86.6 Å². The molecule has 0 bridgehead atoms. The molecule has 1 heterocycles. The van der Waals surface area contributed by atoms with Crippen molar-refractivity contribution in [2.24, 2.45) is 0 Å². The van der Waals surface area contributed by atoms with E-state index >= 15 is 0 Å². The molecular formula is C28H34N4O3. The molecule has 0 saturated carbocycles. The number of aryl methyl sites for hydroxylation is 1. The summed E-state index contributed by atoms with van der Waals surface area (Å²) in [5, 5.41) is 14.9. The van der Waals surface area contributed by atoms with Crippen LogP contribution in [-0.4, -0.2) is 32.7 Å². The van der Waals surface area contributed by atoms with Crippen molar-refractivity contribution >= 4 is 23.0 Å². The van der Waals surface area contributed by atoms with Crippen molar-refractivity contribution in [2.75, 3.05) is 25.7 Å². The highest BCUT2D eigenvalue weighted by atomic mass is 16.5. The third-order valence-electron chi connectivity index (χ3n) is 6.15. The summed E-state index contributed by atoms with van der Waals surface area (Å²) >= 11 is 0. The normalized spacial score (nSPS) is 14.7. The van der Waals surface area contributed by atoms with Gasteiger partial charge in [-0.15, -0.1) is 0 Å². The number of hydrogen-bond acceptors (Lipinski definition) is 6. The molecule has 1 atom stereocenters. The lowest BCUT2D eigenvalue weighted by atomic mass is 9.98. The maximum atomic E-state index is 12.7. The van der Waals surface area contributed by atoms with E-state index in [4.69, 9.17) is 14.7 Å². The van der Waals surface area contributed by atoms with Crippen molar-refractivity contribution in [3.8, 4) is 17.6 Å². The molecule has 7 nitrogen and oxygen atoms in total. The number of methoxy groups -OCH3 is 2. The Hall–Kier alpha value is -3.92. The number of anilines is 2. The van der Waals surface area contributed by atoms with Crippen LogP contribution in [0.3, 0.4) is 0 Å². The highest BCUT2D eigenvalue weighted by Crippen LogP contribution is 2.39. The lowest BCUT2D eigenvalue weighted by molar-refractivity contribution is 0.0952. The Kier molecular flexibility index (Phi) is 8.43. The smallest absolute Gasteiger partial charge is 0.259 e. The molecule has 0 fully saturated rings. The SMILES string of the molecule is CC/C(C)=C\N(c1cc(OC)c(C(=O)NCC#N)c(OC)c1)c1ccc(C2=CC(CC)N2)cc1C. The maximum absolute atomic E-state index is 12.7. The van der Waals surface area contributed by atoms with Gasteiger partial charge in [0.05, 0.1) is 26.0 Å². The second-order valence-electron chi connectivity index (χ2n) is 8.51. The van der Waals surface area contributed by atoms with Gasteiger partial charge < -0.3 is 25.0 Å². The van der Waals surface area contributed by atoms with Crippen LogP contribution < -0.4 is 25.0 Å². The molecule has 1 unspecified atom stereocenters. The average Bonchev–Trinajstić information content (AvgIpc) is 2.84. The molecule has 0 spiro atoms. The number of ether oxygens (including phenoxy) is 2. The van der Waals surface area contributed by atoms with Crippen molar-refractivity contribution < 1.29 is 14.3 Å². The first-order valence-corrected chi connectivity index (χ1v) is 11.8. The van der Waals surface area contributed by atoms with E-state index in [0.29, 0.717) is 17.5 Å². The fraction of sp³-hybridized carbons (Fsp3) is 0.357. The zero-order chi connectivity index (χ0) is 25.5. The maximum Gasteiger partial charge on any atom is 0.259 e. The van der Waals surface area contributed by atoms with Gasteiger partial charge in [-0.1, -0.05) is 25.5 Å². The number of nitriles is 1. The molecule has 1 aliphatic heterocycles. The van der Waals surface area contributed by atoms with Crippen LogP contribution in [-0.2, 0) is 0 Å². The van der Waals surface area contributed by atoms with Crippen LogP contribution in [0.25, 0.3) is 5.70 Å². The lowest BCUT2D eigenvalue weighted by Crippen LogP contribution is -2.34.